The Kier molecular flexibility index (Phi) is 3.72. The summed E-state index contributed by atoms with van der Waals surface area (Å²) in [5, 5.41) is 0. The van der Waals surface area contributed by atoms with E-state index < -0.39 is 11.0 Å². The van der Waals surface area contributed by atoms with Gasteiger partial charge in [0.2, 0.25) is 5.91 Å². The van der Waals surface area contributed by atoms with Gasteiger partial charge in [0, 0.05) is 13.0 Å². The summed E-state index contributed by atoms with van der Waals surface area (Å²) in [7, 11) is -1.33. The lowest BCUT2D eigenvalue weighted by atomic mass is 10.2. The standard InChI is InChI=1S/C12H15NO2S/c14-12-9-5-2-6-10-13(12)16(15)11-7-3-1-4-8-11/h1,3-4,7-8H,2,5-6,9-10H2. The highest BCUT2D eigenvalue weighted by molar-refractivity contribution is 7.83. The van der Waals surface area contributed by atoms with Gasteiger partial charge in [-0.2, -0.15) is 0 Å². The van der Waals surface area contributed by atoms with Gasteiger partial charge in [-0.05, 0) is 25.0 Å². The van der Waals surface area contributed by atoms with E-state index in [1.54, 1.807) is 12.1 Å². The van der Waals surface area contributed by atoms with Crippen molar-refractivity contribution in [2.75, 3.05) is 6.54 Å². The molecule has 3 nitrogen and oxygen atoms in total. The molecular formula is C12H15NO2S. The van der Waals surface area contributed by atoms with Gasteiger partial charge in [0.25, 0.3) is 0 Å². The Morgan fingerprint density at radius 2 is 1.81 bits per heavy atom. The first kappa shape index (κ1) is 11.3. The van der Waals surface area contributed by atoms with Crippen LogP contribution in [0.1, 0.15) is 25.7 Å². The molecule has 1 atom stereocenters. The molecule has 0 saturated carbocycles. The van der Waals surface area contributed by atoms with E-state index in [0.29, 0.717) is 17.9 Å². The minimum Gasteiger partial charge on any atom is -0.274 e. The predicted molar refractivity (Wildman–Crippen MR) is 63.0 cm³/mol. The number of amides is 1. The third kappa shape index (κ3) is 2.50. The molecule has 1 aliphatic rings. The Hall–Kier alpha value is -1.16. The molecule has 1 amide bonds. The molecule has 0 N–H and O–H groups in total. The number of carbonyl (C=O) groups is 1. The van der Waals surface area contributed by atoms with E-state index >= 15 is 0 Å². The fraction of sp³-hybridized carbons (Fsp3) is 0.417. The van der Waals surface area contributed by atoms with Crippen LogP contribution in [-0.2, 0) is 15.8 Å². The number of carbonyl (C=O) groups excluding carboxylic acids is 1. The van der Waals surface area contributed by atoms with E-state index in [-0.39, 0.29) is 5.91 Å². The summed E-state index contributed by atoms with van der Waals surface area (Å²) in [6, 6.07) is 9.17. The smallest absolute Gasteiger partial charge is 0.234 e. The minimum atomic E-state index is -1.33. The largest absolute Gasteiger partial charge is 0.274 e. The van der Waals surface area contributed by atoms with Crippen LogP contribution in [0, 0.1) is 0 Å². The number of rotatable bonds is 2. The monoisotopic (exact) mass is 237 g/mol. The summed E-state index contributed by atoms with van der Waals surface area (Å²) >= 11 is 0. The van der Waals surface area contributed by atoms with E-state index in [2.05, 4.69) is 0 Å². The van der Waals surface area contributed by atoms with Gasteiger partial charge in [-0.25, -0.2) is 4.21 Å². The summed E-state index contributed by atoms with van der Waals surface area (Å²) in [6.45, 7) is 0.611. The highest BCUT2D eigenvalue weighted by Gasteiger charge is 2.22. The molecule has 0 aliphatic carbocycles. The molecule has 4 heteroatoms. The molecule has 0 aromatic heterocycles. The SMILES string of the molecule is O=C1CCCCCN1S(=O)c1ccccc1. The zero-order valence-corrected chi connectivity index (χ0v) is 9.91. The molecule has 1 heterocycles. The third-order valence-electron chi connectivity index (χ3n) is 2.68. The Bertz CT molecular complexity index is 391. The van der Waals surface area contributed by atoms with Gasteiger partial charge in [-0.3, -0.25) is 9.10 Å². The van der Waals surface area contributed by atoms with E-state index in [0.717, 1.165) is 19.3 Å². The Labute approximate surface area is 98.0 Å². The lowest BCUT2D eigenvalue weighted by Crippen LogP contribution is -2.32. The topological polar surface area (TPSA) is 37.4 Å². The molecule has 1 aliphatic heterocycles. The van der Waals surface area contributed by atoms with Crippen molar-refractivity contribution in [3.63, 3.8) is 0 Å². The van der Waals surface area contributed by atoms with Crippen molar-refractivity contribution in [3.8, 4) is 0 Å². The fourth-order valence-corrected chi connectivity index (χ4v) is 3.01. The Morgan fingerprint density at radius 3 is 2.56 bits per heavy atom. The van der Waals surface area contributed by atoms with Gasteiger partial charge < -0.3 is 0 Å². The van der Waals surface area contributed by atoms with Crippen molar-refractivity contribution < 1.29 is 9.00 Å². The van der Waals surface area contributed by atoms with E-state index in [9.17, 15) is 9.00 Å². The summed E-state index contributed by atoms with van der Waals surface area (Å²) in [5.41, 5.74) is 0. The maximum absolute atomic E-state index is 12.2. The van der Waals surface area contributed by atoms with E-state index in [4.69, 9.17) is 0 Å². The maximum Gasteiger partial charge on any atom is 0.234 e. The summed E-state index contributed by atoms with van der Waals surface area (Å²) < 4.78 is 13.7. The molecular weight excluding hydrogens is 222 g/mol. The highest BCUT2D eigenvalue weighted by atomic mass is 32.2. The van der Waals surface area contributed by atoms with Gasteiger partial charge in [0.1, 0.15) is 0 Å². The van der Waals surface area contributed by atoms with Crippen LogP contribution in [0.25, 0.3) is 0 Å². The lowest BCUT2D eigenvalue weighted by molar-refractivity contribution is -0.125. The van der Waals surface area contributed by atoms with Crippen LogP contribution in [0.15, 0.2) is 35.2 Å². The number of hydrogen-bond acceptors (Lipinski definition) is 2. The van der Waals surface area contributed by atoms with E-state index in [1.165, 1.54) is 4.31 Å². The molecule has 1 aromatic carbocycles. The average molecular weight is 237 g/mol. The first-order valence-electron chi connectivity index (χ1n) is 5.56. The second-order valence-corrected chi connectivity index (χ2v) is 5.28. The van der Waals surface area contributed by atoms with Crippen molar-refractivity contribution in [2.45, 2.75) is 30.6 Å². The summed E-state index contributed by atoms with van der Waals surface area (Å²) in [6.07, 6.45) is 3.44. The van der Waals surface area contributed by atoms with Crippen LogP contribution >= 0.6 is 0 Å². The van der Waals surface area contributed by atoms with Crippen LogP contribution in [-0.4, -0.2) is 21.0 Å². The summed E-state index contributed by atoms with van der Waals surface area (Å²) in [4.78, 5) is 12.5. The molecule has 0 radical (unpaired) electrons. The third-order valence-corrected chi connectivity index (χ3v) is 4.14. The van der Waals surface area contributed by atoms with Crippen LogP contribution in [0.4, 0.5) is 0 Å². The van der Waals surface area contributed by atoms with Crippen molar-refractivity contribution in [3.05, 3.63) is 30.3 Å². The molecule has 1 unspecified atom stereocenters. The Balaban J connectivity index is 2.17. The molecule has 16 heavy (non-hydrogen) atoms. The zero-order valence-electron chi connectivity index (χ0n) is 9.09. The number of hydrogen-bond donors (Lipinski definition) is 0. The van der Waals surface area contributed by atoms with Gasteiger partial charge in [-0.15, -0.1) is 0 Å². The molecule has 1 aromatic rings. The minimum absolute atomic E-state index is 0.0136. The number of benzene rings is 1. The van der Waals surface area contributed by atoms with Crippen LogP contribution in [0.5, 0.6) is 0 Å². The first-order valence-corrected chi connectivity index (χ1v) is 6.67. The molecule has 1 saturated heterocycles. The zero-order chi connectivity index (χ0) is 11.4. The second-order valence-electron chi connectivity index (χ2n) is 3.87. The number of nitrogens with zero attached hydrogens (tertiary/aromatic N) is 1. The van der Waals surface area contributed by atoms with Gasteiger partial charge >= 0.3 is 0 Å². The first-order chi connectivity index (χ1) is 7.79. The fourth-order valence-electron chi connectivity index (χ4n) is 1.80. The summed E-state index contributed by atoms with van der Waals surface area (Å²) in [5.74, 6) is 0.0136. The maximum atomic E-state index is 12.2. The molecule has 1 fully saturated rings. The molecule has 86 valence electrons. The van der Waals surface area contributed by atoms with Crippen LogP contribution in [0.3, 0.4) is 0 Å². The van der Waals surface area contributed by atoms with Gasteiger partial charge in [0.05, 0.1) is 4.90 Å². The van der Waals surface area contributed by atoms with Gasteiger partial charge in [-0.1, -0.05) is 24.6 Å². The van der Waals surface area contributed by atoms with Crippen molar-refractivity contribution in [2.24, 2.45) is 0 Å². The van der Waals surface area contributed by atoms with Crippen molar-refractivity contribution in [1.29, 1.82) is 0 Å². The quantitative estimate of drug-likeness (QED) is 0.790. The van der Waals surface area contributed by atoms with Crippen molar-refractivity contribution >= 4 is 16.9 Å². The van der Waals surface area contributed by atoms with Crippen LogP contribution < -0.4 is 0 Å². The second kappa shape index (κ2) is 5.25. The Morgan fingerprint density at radius 1 is 1.06 bits per heavy atom. The molecule has 0 bridgehead atoms. The average Bonchev–Trinajstić information content (AvgIpc) is 2.54. The van der Waals surface area contributed by atoms with E-state index in [1.807, 2.05) is 18.2 Å². The van der Waals surface area contributed by atoms with Crippen LogP contribution in [0.2, 0.25) is 0 Å². The van der Waals surface area contributed by atoms with Crippen molar-refractivity contribution in [1.82, 2.24) is 4.31 Å². The molecule has 2 rings (SSSR count). The lowest BCUT2D eigenvalue weighted by Gasteiger charge is -2.18. The van der Waals surface area contributed by atoms with Gasteiger partial charge in [0.15, 0.2) is 11.0 Å². The highest BCUT2D eigenvalue weighted by Crippen LogP contribution is 2.17. The normalized spacial score (nSPS) is 19.2. The predicted octanol–water partition coefficient (Wildman–Crippen LogP) is 2.11. The molecule has 0 spiro atoms.